The molecule has 2 aromatic carbocycles. The summed E-state index contributed by atoms with van der Waals surface area (Å²) in [6.45, 7) is 2.62. The van der Waals surface area contributed by atoms with E-state index in [9.17, 15) is 26.4 Å². The van der Waals surface area contributed by atoms with Crippen molar-refractivity contribution >= 4 is 27.3 Å². The van der Waals surface area contributed by atoms with Gasteiger partial charge in [-0.05, 0) is 67.1 Å². The van der Waals surface area contributed by atoms with Crippen LogP contribution in [0, 0.1) is 29.5 Å². The summed E-state index contributed by atoms with van der Waals surface area (Å²) in [5.41, 5.74) is 4.68. The first-order chi connectivity index (χ1) is 21.4. The molecule has 0 spiro atoms. The number of hydrogen-bond acceptors (Lipinski definition) is 6. The number of primary sulfonamides is 1. The molecule has 2 aliphatic rings. The lowest BCUT2D eigenvalue weighted by Gasteiger charge is -2.31. The van der Waals surface area contributed by atoms with Gasteiger partial charge >= 0.3 is 5.97 Å². The van der Waals surface area contributed by atoms with Gasteiger partial charge in [0.2, 0.25) is 10.0 Å². The van der Waals surface area contributed by atoms with Crippen LogP contribution in [0.15, 0.2) is 58.8 Å². The summed E-state index contributed by atoms with van der Waals surface area (Å²) >= 11 is 1.32. The summed E-state index contributed by atoms with van der Waals surface area (Å²) in [6.07, 6.45) is 1.90. The number of nitrogens with zero attached hydrogens (tertiary/aromatic N) is 2. The monoisotopic (exact) mass is 653 g/mol. The van der Waals surface area contributed by atoms with Crippen LogP contribution >= 0.6 is 11.3 Å². The molecule has 234 valence electrons. The van der Waals surface area contributed by atoms with Gasteiger partial charge in [-0.15, -0.1) is 11.3 Å². The standard InChI is InChI=1S/C33H30F3N3O4S2/c1-2-43-32(40)27-19-44-31(38-27)29-15-25(24-5-3-4-20(12-24)6-9-23-16-33(35,36)17-23)28(39(29)18-21-7-8-21)14-22-10-11-30(26(34)13-22)45(37,41)42/h3-5,10-13,15,19,21,23H,2,7-8,14,16-18H2,1H3,(H2,37,41,42). The smallest absolute Gasteiger partial charge is 0.357 e. The molecule has 2 aliphatic carbocycles. The van der Waals surface area contributed by atoms with Gasteiger partial charge < -0.3 is 9.30 Å². The van der Waals surface area contributed by atoms with Gasteiger partial charge in [-0.3, -0.25) is 0 Å². The molecular weight excluding hydrogens is 624 g/mol. The molecule has 0 amide bonds. The van der Waals surface area contributed by atoms with E-state index in [0.29, 0.717) is 28.6 Å². The van der Waals surface area contributed by atoms with E-state index in [-0.39, 0.29) is 37.5 Å². The third-order valence-electron chi connectivity index (χ3n) is 7.91. The van der Waals surface area contributed by atoms with E-state index < -0.39 is 32.6 Å². The van der Waals surface area contributed by atoms with Crippen LogP contribution in [0.3, 0.4) is 0 Å². The Kier molecular flexibility index (Phi) is 8.37. The molecule has 0 saturated heterocycles. The Hall–Kier alpha value is -3.92. The number of sulfonamides is 1. The van der Waals surface area contributed by atoms with E-state index in [1.807, 2.05) is 30.3 Å². The summed E-state index contributed by atoms with van der Waals surface area (Å²) in [7, 11) is -4.23. The van der Waals surface area contributed by atoms with Crippen molar-refractivity contribution in [2.24, 2.45) is 17.0 Å². The summed E-state index contributed by atoms with van der Waals surface area (Å²) < 4.78 is 72.5. The van der Waals surface area contributed by atoms with Crippen LogP contribution in [-0.4, -0.2) is 36.5 Å². The Morgan fingerprint density at radius 1 is 1.18 bits per heavy atom. The minimum Gasteiger partial charge on any atom is -0.461 e. The minimum atomic E-state index is -4.23. The Morgan fingerprint density at radius 2 is 1.96 bits per heavy atom. The quantitative estimate of drug-likeness (QED) is 0.161. The van der Waals surface area contributed by atoms with Crippen molar-refractivity contribution < 1.29 is 31.1 Å². The Labute approximate surface area is 263 Å². The molecule has 0 unspecified atom stereocenters. The number of ether oxygens (including phenoxy) is 1. The fourth-order valence-corrected chi connectivity index (χ4v) is 6.86. The van der Waals surface area contributed by atoms with E-state index in [0.717, 1.165) is 35.4 Å². The van der Waals surface area contributed by atoms with Gasteiger partial charge in [0, 0.05) is 53.9 Å². The Bertz CT molecular complexity index is 1940. The van der Waals surface area contributed by atoms with Gasteiger partial charge in [0.15, 0.2) is 5.69 Å². The normalized spacial score (nSPS) is 16.1. The predicted octanol–water partition coefficient (Wildman–Crippen LogP) is 6.64. The average Bonchev–Trinajstić information content (AvgIpc) is 3.53. The highest BCUT2D eigenvalue weighted by Gasteiger charge is 2.44. The number of benzene rings is 2. The zero-order valence-corrected chi connectivity index (χ0v) is 26.0. The van der Waals surface area contributed by atoms with E-state index in [4.69, 9.17) is 9.88 Å². The zero-order valence-electron chi connectivity index (χ0n) is 24.4. The van der Waals surface area contributed by atoms with Crippen molar-refractivity contribution in [3.63, 3.8) is 0 Å². The fourth-order valence-electron chi connectivity index (χ4n) is 5.46. The highest BCUT2D eigenvalue weighted by Crippen LogP contribution is 2.42. The molecule has 7 nitrogen and oxygen atoms in total. The van der Waals surface area contributed by atoms with Crippen molar-refractivity contribution in [2.45, 2.75) is 56.4 Å². The number of rotatable bonds is 9. The summed E-state index contributed by atoms with van der Waals surface area (Å²) in [5, 5.41) is 7.45. The largest absolute Gasteiger partial charge is 0.461 e. The van der Waals surface area contributed by atoms with Gasteiger partial charge in [-0.1, -0.05) is 30.0 Å². The van der Waals surface area contributed by atoms with Gasteiger partial charge in [0.25, 0.3) is 5.92 Å². The number of carbonyl (C=O) groups is 1. The average molecular weight is 654 g/mol. The first-order valence-corrected chi connectivity index (χ1v) is 17.0. The van der Waals surface area contributed by atoms with Crippen LogP contribution in [0.25, 0.3) is 21.8 Å². The van der Waals surface area contributed by atoms with Crippen molar-refractivity contribution in [3.8, 4) is 33.7 Å². The number of thiazole rings is 1. The summed E-state index contributed by atoms with van der Waals surface area (Å²) in [4.78, 5) is 16.4. The molecule has 12 heteroatoms. The molecular formula is C33H30F3N3O4S2. The van der Waals surface area contributed by atoms with Crippen molar-refractivity contribution in [1.82, 2.24) is 9.55 Å². The second-order valence-electron chi connectivity index (χ2n) is 11.5. The first-order valence-electron chi connectivity index (χ1n) is 14.6. The maximum absolute atomic E-state index is 14.9. The number of esters is 1. The molecule has 2 aromatic heterocycles. The lowest BCUT2D eigenvalue weighted by Crippen LogP contribution is -2.34. The number of alkyl halides is 2. The third kappa shape index (κ3) is 7.01. The molecule has 2 fully saturated rings. The maximum atomic E-state index is 14.9. The summed E-state index contributed by atoms with van der Waals surface area (Å²) in [5.74, 6) is 2.00. The number of hydrogen-bond donors (Lipinski definition) is 1. The molecule has 2 heterocycles. The number of aromatic nitrogens is 2. The van der Waals surface area contributed by atoms with Crippen LogP contribution in [0.4, 0.5) is 13.2 Å². The fraction of sp³-hybridized carbons (Fsp3) is 0.333. The number of halogens is 3. The molecule has 0 bridgehead atoms. The SMILES string of the molecule is CCOC(=O)c1csc(-c2cc(-c3cccc(C#CC4CC(F)(F)C4)c3)c(Cc3ccc(S(N)(=O)=O)c(F)c3)n2CC2CC2)n1. The predicted molar refractivity (Wildman–Crippen MR) is 165 cm³/mol. The lowest BCUT2D eigenvalue weighted by atomic mass is 9.82. The highest BCUT2D eigenvalue weighted by molar-refractivity contribution is 7.89. The minimum absolute atomic E-state index is 0.207. The Balaban J connectivity index is 1.45. The molecule has 4 aromatic rings. The maximum Gasteiger partial charge on any atom is 0.357 e. The molecule has 2 N–H and O–H groups in total. The Morgan fingerprint density at radius 3 is 2.62 bits per heavy atom. The lowest BCUT2D eigenvalue weighted by molar-refractivity contribution is -0.0936. The topological polar surface area (TPSA) is 104 Å². The van der Waals surface area contributed by atoms with E-state index >= 15 is 0 Å². The van der Waals surface area contributed by atoms with Crippen LogP contribution in [0.5, 0.6) is 0 Å². The van der Waals surface area contributed by atoms with Gasteiger partial charge in [0.1, 0.15) is 15.7 Å². The van der Waals surface area contributed by atoms with E-state index in [2.05, 4.69) is 21.4 Å². The second kappa shape index (κ2) is 12.1. The van der Waals surface area contributed by atoms with Crippen molar-refractivity contribution in [1.29, 1.82) is 0 Å². The van der Waals surface area contributed by atoms with Gasteiger partial charge in [-0.25, -0.2) is 36.5 Å². The van der Waals surface area contributed by atoms with E-state index in [1.54, 1.807) is 18.4 Å². The first kappa shape index (κ1) is 31.1. The van der Waals surface area contributed by atoms with Crippen molar-refractivity contribution in [3.05, 3.63) is 82.2 Å². The highest BCUT2D eigenvalue weighted by atomic mass is 32.2. The molecule has 0 aliphatic heterocycles. The van der Waals surface area contributed by atoms with Crippen LogP contribution < -0.4 is 5.14 Å². The van der Waals surface area contributed by atoms with Crippen LogP contribution in [0.2, 0.25) is 0 Å². The van der Waals surface area contributed by atoms with Gasteiger partial charge in [0.05, 0.1) is 12.3 Å². The van der Waals surface area contributed by atoms with Crippen molar-refractivity contribution in [2.75, 3.05) is 6.61 Å². The molecule has 2 saturated carbocycles. The molecule has 6 rings (SSSR count). The van der Waals surface area contributed by atoms with E-state index in [1.165, 1.54) is 23.5 Å². The zero-order chi connectivity index (χ0) is 31.9. The molecule has 0 radical (unpaired) electrons. The molecule has 0 atom stereocenters. The summed E-state index contributed by atoms with van der Waals surface area (Å²) in [6, 6.07) is 13.4. The van der Waals surface area contributed by atoms with Gasteiger partial charge in [-0.2, -0.15) is 0 Å². The van der Waals surface area contributed by atoms with Crippen LogP contribution in [0.1, 0.15) is 59.9 Å². The third-order valence-corrected chi connectivity index (χ3v) is 9.72. The number of carbonyl (C=O) groups excluding carboxylic acids is 1. The van der Waals surface area contributed by atoms with Crippen LogP contribution in [-0.2, 0) is 27.7 Å². The second-order valence-corrected chi connectivity index (χ2v) is 13.9. The number of nitrogens with two attached hydrogens (primary N) is 1. The molecule has 45 heavy (non-hydrogen) atoms.